The summed E-state index contributed by atoms with van der Waals surface area (Å²) in [7, 11) is 0. The van der Waals surface area contributed by atoms with Gasteiger partial charge in [0.25, 0.3) is 5.78 Å². The van der Waals surface area contributed by atoms with Crippen LogP contribution in [0.1, 0.15) is 6.92 Å². The number of hydrogen-bond donors (Lipinski definition) is 1. The van der Waals surface area contributed by atoms with Crippen LogP contribution in [0.15, 0.2) is 18.5 Å². The summed E-state index contributed by atoms with van der Waals surface area (Å²) in [6, 6.07) is 1.40. The van der Waals surface area contributed by atoms with Crippen molar-refractivity contribution in [3.8, 4) is 11.1 Å². The first-order valence-electron chi connectivity index (χ1n) is 7.74. The topological polar surface area (TPSA) is 78.8 Å². The van der Waals surface area contributed by atoms with Crippen molar-refractivity contribution in [3.63, 3.8) is 0 Å². The van der Waals surface area contributed by atoms with Crippen molar-refractivity contribution in [2.45, 2.75) is 13.1 Å². The minimum Gasteiger partial charge on any atom is -0.246 e. The molecule has 0 saturated heterocycles. The smallest absolute Gasteiger partial charge is 0.246 e. The molecule has 2 aromatic heterocycles. The average molecular weight is 441 g/mol. The average Bonchev–Trinajstić information content (AvgIpc) is 3.10. The van der Waals surface area contributed by atoms with E-state index in [1.54, 1.807) is 0 Å². The van der Waals surface area contributed by atoms with Crippen molar-refractivity contribution >= 4 is 23.2 Å². The van der Waals surface area contributed by atoms with Crippen LogP contribution >= 0.6 is 11.6 Å². The molecular weight excluding hydrogens is 430 g/mol. The van der Waals surface area contributed by atoms with Gasteiger partial charge >= 0.3 is 0 Å². The predicted octanol–water partition coefficient (Wildman–Crippen LogP) is 3.10. The highest BCUT2D eigenvalue weighted by atomic mass is 35.5. The number of benzene rings is 1. The number of fused-ring (bicyclic) bond motifs is 1. The van der Waals surface area contributed by atoms with Crippen LogP contribution in [0.3, 0.4) is 0 Å². The van der Waals surface area contributed by atoms with E-state index in [1.807, 2.05) is 0 Å². The number of anilines is 1. The van der Waals surface area contributed by atoms with E-state index in [2.05, 4.69) is 15.1 Å². The van der Waals surface area contributed by atoms with Crippen LogP contribution in [-0.4, -0.2) is 42.9 Å². The lowest BCUT2D eigenvalue weighted by Gasteiger charge is -2.32. The number of hydrazine groups is 3. The quantitative estimate of drug-likeness (QED) is 0.158. The van der Waals surface area contributed by atoms with Gasteiger partial charge in [-0.15, -0.1) is 0 Å². The molecule has 0 amide bonds. The fraction of sp³-hybridized carbons (Fsp3) is 0.214. The van der Waals surface area contributed by atoms with Crippen LogP contribution in [0.2, 0.25) is 5.15 Å². The maximum Gasteiger partial charge on any atom is 0.255 e. The van der Waals surface area contributed by atoms with Crippen LogP contribution in [0, 0.1) is 17.5 Å². The monoisotopic (exact) mass is 440 g/mol. The van der Waals surface area contributed by atoms with E-state index in [0.717, 1.165) is 23.8 Å². The summed E-state index contributed by atoms with van der Waals surface area (Å²) in [6.45, 7) is 0.0597. The van der Waals surface area contributed by atoms with E-state index in [0.29, 0.717) is 6.07 Å². The second kappa shape index (κ2) is 7.98. The first-order chi connectivity index (χ1) is 13.6. The molecule has 3 rings (SSSR count). The molecule has 0 bridgehead atoms. The molecule has 0 fully saturated rings. The van der Waals surface area contributed by atoms with Crippen LogP contribution in [0.5, 0.6) is 0 Å². The molecule has 0 saturated carbocycles. The van der Waals surface area contributed by atoms with Crippen molar-refractivity contribution in [3.05, 3.63) is 41.1 Å². The van der Waals surface area contributed by atoms with E-state index in [1.165, 1.54) is 0 Å². The number of nitrogens with two attached hydrogens (primary N) is 1. The molecule has 0 aliphatic rings. The zero-order valence-electron chi connectivity index (χ0n) is 14.4. The summed E-state index contributed by atoms with van der Waals surface area (Å²) in [4.78, 5) is 7.54. The van der Waals surface area contributed by atoms with Crippen molar-refractivity contribution in [2.75, 3.05) is 11.7 Å². The number of halogens is 7. The molecule has 0 aliphatic heterocycles. The maximum atomic E-state index is 14.4. The Balaban J connectivity index is 2.32. The van der Waals surface area contributed by atoms with Crippen molar-refractivity contribution in [1.82, 2.24) is 30.2 Å². The Morgan fingerprint density at radius 2 is 1.90 bits per heavy atom. The molecule has 2 N–H and O–H groups in total. The van der Waals surface area contributed by atoms with E-state index in [-0.39, 0.29) is 16.0 Å². The van der Waals surface area contributed by atoms with Gasteiger partial charge in [0.2, 0.25) is 0 Å². The van der Waals surface area contributed by atoms with Crippen LogP contribution in [0.25, 0.3) is 16.9 Å². The highest BCUT2D eigenvalue weighted by molar-refractivity contribution is 6.33. The van der Waals surface area contributed by atoms with Gasteiger partial charge < -0.3 is 0 Å². The van der Waals surface area contributed by atoms with Crippen molar-refractivity contribution in [2.24, 2.45) is 5.84 Å². The highest BCUT2D eigenvalue weighted by Crippen LogP contribution is 2.38. The third-order valence-corrected chi connectivity index (χ3v) is 3.99. The Morgan fingerprint density at radius 1 is 1.21 bits per heavy atom. The Morgan fingerprint density at radius 3 is 2.52 bits per heavy atom. The molecule has 0 spiro atoms. The van der Waals surface area contributed by atoms with E-state index >= 15 is 0 Å². The minimum absolute atomic E-state index is 0.0568. The molecule has 15 heteroatoms. The molecule has 3 aromatic rings. The Hall–Kier alpha value is -2.68. The van der Waals surface area contributed by atoms with Gasteiger partial charge in [-0.3, -0.25) is 0 Å². The SMILES string of the molecule is CC(F)CN(N(F)F)N(N)c1c(-c2ccc(F)c(F)c2F)c(Cl)nc2ncnn12. The molecule has 1 atom stereocenters. The fourth-order valence-corrected chi connectivity index (χ4v) is 2.78. The summed E-state index contributed by atoms with van der Waals surface area (Å²) in [6.07, 6.45) is -0.811. The lowest BCUT2D eigenvalue weighted by molar-refractivity contribution is -0.309. The standard InChI is InChI=1S/C14H11ClF6N8/c1-6(16)4-26(29(20)21)28(22)13-9(7-2-3-8(17)11(19)10(7)18)12(15)25-14-23-5-24-27(13)14/h2-3,5-6H,4,22H2,1H3. The molecule has 0 radical (unpaired) electrons. The molecule has 156 valence electrons. The second-order valence-corrected chi connectivity index (χ2v) is 6.05. The van der Waals surface area contributed by atoms with E-state index < -0.39 is 57.7 Å². The van der Waals surface area contributed by atoms with Gasteiger partial charge in [-0.25, -0.2) is 28.5 Å². The molecule has 2 heterocycles. The molecule has 1 unspecified atom stereocenters. The number of nitrogens with zero attached hydrogens (tertiary/aromatic N) is 7. The van der Waals surface area contributed by atoms with Gasteiger partial charge in [-0.05, 0) is 19.1 Å². The largest absolute Gasteiger partial charge is 0.255 e. The lowest BCUT2D eigenvalue weighted by Crippen LogP contribution is -2.54. The molecule has 1 aromatic carbocycles. The van der Waals surface area contributed by atoms with Gasteiger partial charge in [-0.1, -0.05) is 25.7 Å². The highest BCUT2D eigenvalue weighted by Gasteiger charge is 2.31. The predicted molar refractivity (Wildman–Crippen MR) is 89.1 cm³/mol. The van der Waals surface area contributed by atoms with Crippen molar-refractivity contribution in [1.29, 1.82) is 0 Å². The van der Waals surface area contributed by atoms with Crippen LogP contribution < -0.4 is 11.0 Å². The Kier molecular flexibility index (Phi) is 5.79. The van der Waals surface area contributed by atoms with Crippen LogP contribution in [-0.2, 0) is 0 Å². The molecule has 29 heavy (non-hydrogen) atoms. The van der Waals surface area contributed by atoms with Crippen molar-refractivity contribution < 1.29 is 26.5 Å². The molecule has 0 aliphatic carbocycles. The fourth-order valence-electron chi connectivity index (χ4n) is 2.52. The summed E-state index contributed by atoms with van der Waals surface area (Å²) >= 11 is 6.05. The summed E-state index contributed by atoms with van der Waals surface area (Å²) in [5, 5.41) is 3.37. The third kappa shape index (κ3) is 3.78. The van der Waals surface area contributed by atoms with E-state index in [9.17, 15) is 26.5 Å². The Labute approximate surface area is 163 Å². The second-order valence-electron chi connectivity index (χ2n) is 5.69. The normalized spacial score (nSPS) is 12.9. The van der Waals surface area contributed by atoms with Gasteiger partial charge in [0, 0.05) is 5.56 Å². The summed E-state index contributed by atoms with van der Waals surface area (Å²) in [5.74, 6) is -0.0545. The van der Waals surface area contributed by atoms with Crippen LogP contribution in [0.4, 0.5) is 32.3 Å². The van der Waals surface area contributed by atoms with Gasteiger partial charge in [-0.2, -0.15) is 19.6 Å². The first kappa shape index (κ1) is 21.0. The van der Waals surface area contributed by atoms with Gasteiger partial charge in [0.05, 0.1) is 12.1 Å². The van der Waals surface area contributed by atoms with E-state index in [4.69, 9.17) is 17.4 Å². The number of alkyl halides is 1. The van der Waals surface area contributed by atoms with Gasteiger partial charge in [0.1, 0.15) is 23.1 Å². The summed E-state index contributed by atoms with van der Waals surface area (Å²) in [5.41, 5.74) is -2.69. The zero-order chi connectivity index (χ0) is 21.5. The summed E-state index contributed by atoms with van der Waals surface area (Å²) < 4.78 is 82.4. The first-order valence-corrected chi connectivity index (χ1v) is 8.12. The number of rotatable bonds is 6. The lowest BCUT2D eigenvalue weighted by atomic mass is 10.1. The Bertz CT molecular complexity index is 1040. The number of hydrogen-bond acceptors (Lipinski definition) is 7. The van der Waals surface area contributed by atoms with Gasteiger partial charge in [0.15, 0.2) is 23.3 Å². The third-order valence-electron chi connectivity index (χ3n) is 3.72. The molecule has 8 nitrogen and oxygen atoms in total. The maximum absolute atomic E-state index is 14.4. The minimum atomic E-state index is -1.83. The number of aromatic nitrogens is 4. The zero-order valence-corrected chi connectivity index (χ0v) is 15.1. The molecular formula is C14H11ClF6N8.